The standard InChI is InChI=1S/C37H47FN4/c1-11-17-27(7)29(9)33(13-3)22-34(14-4)37-21-18-31(25-42-37)24-39-30(10)40-26-36(16-6)41-23-28(8)32(12-2)19-20-35(38)15-5/h6,12-14,18-23,25-28H,2-4,11,15,17,24H2,1,5,7-10H3,(H,39,40)/b32-19+,33-29+,34-22+,35-20+,36-26-,41-23?. The highest BCUT2D eigenvalue weighted by atomic mass is 19.1. The zero-order valence-corrected chi connectivity index (χ0v) is 26.3. The smallest absolute Gasteiger partial charge is 0.128 e. The fourth-order valence-corrected chi connectivity index (χ4v) is 3.89. The van der Waals surface area contributed by atoms with Crippen LogP contribution in [0.3, 0.4) is 0 Å². The number of pyridine rings is 1. The van der Waals surface area contributed by atoms with E-state index in [2.05, 4.69) is 72.8 Å². The van der Waals surface area contributed by atoms with Gasteiger partial charge in [0.2, 0.25) is 0 Å². The number of terminal acetylenes is 1. The van der Waals surface area contributed by atoms with Crippen LogP contribution in [0.25, 0.3) is 5.57 Å². The summed E-state index contributed by atoms with van der Waals surface area (Å²) in [7, 11) is 0. The van der Waals surface area contributed by atoms with Crippen molar-refractivity contribution in [2.24, 2.45) is 21.8 Å². The third-order valence-corrected chi connectivity index (χ3v) is 6.85. The number of allylic oxidation sites excluding steroid dienone is 12. The van der Waals surface area contributed by atoms with Crippen LogP contribution >= 0.6 is 0 Å². The van der Waals surface area contributed by atoms with Gasteiger partial charge in [-0.2, -0.15) is 0 Å². The Hall–Kier alpha value is -4.30. The molecule has 0 radical (unpaired) electrons. The van der Waals surface area contributed by atoms with Crippen LogP contribution in [0.2, 0.25) is 0 Å². The molecular weight excluding hydrogens is 519 g/mol. The van der Waals surface area contributed by atoms with Crippen LogP contribution in [0.5, 0.6) is 0 Å². The quantitative estimate of drug-likeness (QED) is 0.0937. The minimum absolute atomic E-state index is 0.0881. The molecule has 0 aromatic carbocycles. The van der Waals surface area contributed by atoms with Gasteiger partial charge in [0.05, 0.1) is 23.9 Å². The molecule has 5 heteroatoms. The number of aliphatic imine (C=N–C) groups is 2. The molecule has 4 nitrogen and oxygen atoms in total. The third-order valence-electron chi connectivity index (χ3n) is 6.85. The molecule has 1 heterocycles. The van der Waals surface area contributed by atoms with Crippen molar-refractivity contribution in [1.82, 2.24) is 10.3 Å². The van der Waals surface area contributed by atoms with Crippen molar-refractivity contribution in [3.8, 4) is 12.3 Å². The van der Waals surface area contributed by atoms with E-state index in [0.717, 1.165) is 40.8 Å². The van der Waals surface area contributed by atoms with Gasteiger partial charge in [0.25, 0.3) is 0 Å². The fraction of sp³-hybridized carbons (Fsp3) is 0.324. The highest BCUT2D eigenvalue weighted by molar-refractivity contribution is 5.80. The van der Waals surface area contributed by atoms with Crippen LogP contribution in [0.4, 0.5) is 4.39 Å². The minimum atomic E-state index is -0.191. The largest absolute Gasteiger partial charge is 0.348 e. The number of rotatable bonds is 16. The Morgan fingerprint density at radius 1 is 1.12 bits per heavy atom. The summed E-state index contributed by atoms with van der Waals surface area (Å²) in [6.45, 7) is 24.5. The summed E-state index contributed by atoms with van der Waals surface area (Å²) < 4.78 is 13.5. The number of nitrogens with one attached hydrogen (secondary N) is 1. The van der Waals surface area contributed by atoms with Crippen molar-refractivity contribution in [2.75, 3.05) is 0 Å². The first-order chi connectivity index (χ1) is 20.1. The van der Waals surface area contributed by atoms with E-state index in [4.69, 9.17) is 6.42 Å². The Labute approximate surface area is 253 Å². The zero-order chi connectivity index (χ0) is 31.5. The van der Waals surface area contributed by atoms with Gasteiger partial charge in [-0.1, -0.05) is 89.8 Å². The second-order valence-corrected chi connectivity index (χ2v) is 10.0. The summed E-state index contributed by atoms with van der Waals surface area (Å²) in [5, 5.41) is 3.09. The first-order valence-corrected chi connectivity index (χ1v) is 14.4. The van der Waals surface area contributed by atoms with Gasteiger partial charge in [-0.05, 0) is 73.5 Å². The molecule has 0 fully saturated rings. The predicted octanol–water partition coefficient (Wildman–Crippen LogP) is 9.65. The molecule has 0 aliphatic carbocycles. The first kappa shape index (κ1) is 35.7. The molecule has 2 unspecified atom stereocenters. The molecule has 1 rings (SSSR count). The van der Waals surface area contributed by atoms with Crippen molar-refractivity contribution in [1.29, 1.82) is 0 Å². The molecule has 42 heavy (non-hydrogen) atoms. The Kier molecular flexibility index (Phi) is 16.8. The first-order valence-electron chi connectivity index (χ1n) is 14.4. The number of aromatic nitrogens is 1. The number of hydrogen-bond donors (Lipinski definition) is 1. The Morgan fingerprint density at radius 3 is 2.40 bits per heavy atom. The Balaban J connectivity index is 2.95. The molecule has 1 aromatic heterocycles. The maximum atomic E-state index is 13.5. The Bertz CT molecular complexity index is 1320. The maximum absolute atomic E-state index is 13.5. The monoisotopic (exact) mass is 566 g/mol. The fourth-order valence-electron chi connectivity index (χ4n) is 3.89. The molecule has 0 aliphatic heterocycles. The molecule has 0 saturated carbocycles. The van der Waals surface area contributed by atoms with Crippen molar-refractivity contribution < 1.29 is 4.39 Å². The van der Waals surface area contributed by atoms with Crippen molar-refractivity contribution >= 4 is 17.6 Å². The van der Waals surface area contributed by atoms with E-state index in [1.165, 1.54) is 11.6 Å². The van der Waals surface area contributed by atoms with Crippen LogP contribution in [-0.4, -0.2) is 17.0 Å². The van der Waals surface area contributed by atoms with E-state index in [1.54, 1.807) is 31.5 Å². The molecule has 222 valence electrons. The summed E-state index contributed by atoms with van der Waals surface area (Å²) >= 11 is 0. The number of hydrogen-bond acceptors (Lipinski definition) is 3. The normalized spacial score (nSPS) is 15.5. The minimum Gasteiger partial charge on any atom is -0.348 e. The topological polar surface area (TPSA) is 49.6 Å². The van der Waals surface area contributed by atoms with Gasteiger partial charge in [0, 0.05) is 30.1 Å². The average molecular weight is 567 g/mol. The lowest BCUT2D eigenvalue weighted by Gasteiger charge is -2.14. The summed E-state index contributed by atoms with van der Waals surface area (Å²) in [6.07, 6.45) is 24.1. The second-order valence-electron chi connectivity index (χ2n) is 10.0. The average Bonchev–Trinajstić information content (AvgIpc) is 3.00. The van der Waals surface area contributed by atoms with Gasteiger partial charge in [-0.25, -0.2) is 9.38 Å². The van der Waals surface area contributed by atoms with Crippen LogP contribution in [-0.2, 0) is 6.54 Å². The van der Waals surface area contributed by atoms with Gasteiger partial charge in [-0.15, -0.1) is 6.42 Å². The highest BCUT2D eigenvalue weighted by Gasteiger charge is 2.08. The van der Waals surface area contributed by atoms with E-state index in [9.17, 15) is 4.39 Å². The van der Waals surface area contributed by atoms with Crippen molar-refractivity contribution in [2.45, 2.75) is 67.3 Å². The van der Waals surface area contributed by atoms with Crippen molar-refractivity contribution in [3.63, 3.8) is 0 Å². The molecular formula is C37H47FN4. The van der Waals surface area contributed by atoms with E-state index in [-0.39, 0.29) is 11.7 Å². The van der Waals surface area contributed by atoms with Crippen LogP contribution in [0.1, 0.15) is 72.1 Å². The number of nitrogens with zero attached hydrogens (tertiary/aromatic N) is 3. The molecule has 0 aliphatic rings. The highest BCUT2D eigenvalue weighted by Crippen LogP contribution is 2.24. The van der Waals surface area contributed by atoms with Crippen molar-refractivity contribution in [3.05, 3.63) is 120 Å². The second kappa shape index (κ2) is 19.7. The van der Waals surface area contributed by atoms with E-state index in [1.807, 2.05) is 44.3 Å². The number of amidine groups is 1. The van der Waals surface area contributed by atoms with Gasteiger partial charge >= 0.3 is 0 Å². The lowest BCUT2D eigenvalue weighted by molar-refractivity contribution is 0.599. The van der Waals surface area contributed by atoms with Gasteiger partial charge in [-0.3, -0.25) is 9.98 Å². The molecule has 2 atom stereocenters. The van der Waals surface area contributed by atoms with Gasteiger partial charge in [0.15, 0.2) is 0 Å². The van der Waals surface area contributed by atoms with Crippen LogP contribution in [0.15, 0.2) is 119 Å². The lowest BCUT2D eigenvalue weighted by atomic mass is 9.92. The zero-order valence-electron chi connectivity index (χ0n) is 26.3. The third kappa shape index (κ3) is 12.5. The lowest BCUT2D eigenvalue weighted by Crippen LogP contribution is -2.14. The maximum Gasteiger partial charge on any atom is 0.128 e. The summed E-state index contributed by atoms with van der Waals surface area (Å²) in [6, 6.07) is 4.00. The molecule has 0 amide bonds. The van der Waals surface area contributed by atoms with Gasteiger partial charge < -0.3 is 5.32 Å². The predicted molar refractivity (Wildman–Crippen MR) is 182 cm³/mol. The summed E-state index contributed by atoms with van der Waals surface area (Å²) in [5.74, 6) is 3.46. The number of halogens is 1. The van der Waals surface area contributed by atoms with E-state index >= 15 is 0 Å². The van der Waals surface area contributed by atoms with E-state index < -0.39 is 0 Å². The molecule has 0 spiro atoms. The van der Waals surface area contributed by atoms with Gasteiger partial charge in [0.1, 0.15) is 5.70 Å². The van der Waals surface area contributed by atoms with E-state index in [0.29, 0.717) is 30.4 Å². The Morgan fingerprint density at radius 2 is 1.86 bits per heavy atom. The molecule has 1 aromatic rings. The summed E-state index contributed by atoms with van der Waals surface area (Å²) in [5.41, 5.74) is 6.45. The molecule has 0 saturated heterocycles. The van der Waals surface area contributed by atoms with Crippen LogP contribution < -0.4 is 5.32 Å². The molecule has 0 bridgehead atoms. The SMILES string of the molecule is C#C/C(=C/NC(C)=NCc1ccc(/C(C=C)=C/C(C=C)=C(\C)C(C)CCC)nc1)N=CC(C)/C(C=C)=C/C=C(/F)CC. The summed E-state index contributed by atoms with van der Waals surface area (Å²) in [4.78, 5) is 13.6. The van der Waals surface area contributed by atoms with Crippen LogP contribution in [0, 0.1) is 24.2 Å². The molecule has 1 N–H and O–H groups in total.